The molecule has 3 nitrogen and oxygen atoms in total. The molecule has 1 aromatic heterocycles. The first-order chi connectivity index (χ1) is 9.78. The Balaban J connectivity index is 2.07. The van der Waals surface area contributed by atoms with E-state index in [-0.39, 0.29) is 0 Å². The van der Waals surface area contributed by atoms with Crippen molar-refractivity contribution in [1.29, 1.82) is 0 Å². The summed E-state index contributed by atoms with van der Waals surface area (Å²) in [5, 5.41) is 1.65. The number of pyridine rings is 1. The Labute approximate surface area is 122 Å². The molecule has 0 spiro atoms. The molecule has 0 saturated heterocycles. The van der Waals surface area contributed by atoms with Crippen LogP contribution in [-0.2, 0) is 6.54 Å². The van der Waals surface area contributed by atoms with Gasteiger partial charge in [0.15, 0.2) is 5.75 Å². The van der Waals surface area contributed by atoms with E-state index in [1.54, 1.807) is 18.3 Å². The summed E-state index contributed by atoms with van der Waals surface area (Å²) in [5.74, 6) is 1.36. The number of aromatic nitrogens is 1. The highest BCUT2D eigenvalue weighted by Crippen LogP contribution is 2.31. The Morgan fingerprint density at radius 2 is 1.90 bits per heavy atom. The predicted molar refractivity (Wildman–Crippen MR) is 81.2 cm³/mol. The van der Waals surface area contributed by atoms with E-state index in [1.165, 1.54) is 0 Å². The molecule has 0 bridgehead atoms. The smallest absolute Gasteiger partial charge is 0.153 e. The van der Waals surface area contributed by atoms with Crippen LogP contribution in [0.2, 0.25) is 5.02 Å². The minimum atomic E-state index is 0.394. The van der Waals surface area contributed by atoms with Crippen molar-refractivity contribution >= 4 is 22.5 Å². The minimum absolute atomic E-state index is 0.394. The Bertz CT molecular complexity index is 753. The second kappa shape index (κ2) is 5.49. The number of hydrogen-bond donors (Lipinski definition) is 1. The number of halogens is 1. The first kappa shape index (κ1) is 12.9. The van der Waals surface area contributed by atoms with Gasteiger partial charge in [-0.05, 0) is 24.3 Å². The summed E-state index contributed by atoms with van der Waals surface area (Å²) < 4.78 is 5.97. The number of fused-ring (bicyclic) bond motifs is 1. The third-order valence-electron chi connectivity index (χ3n) is 3.06. The third-order valence-corrected chi connectivity index (χ3v) is 3.30. The van der Waals surface area contributed by atoms with Gasteiger partial charge in [0.1, 0.15) is 11.3 Å². The first-order valence-corrected chi connectivity index (χ1v) is 6.66. The number of para-hydroxylation sites is 1. The summed E-state index contributed by atoms with van der Waals surface area (Å²) in [6.07, 6.45) is 1.75. The lowest BCUT2D eigenvalue weighted by atomic mass is 10.2. The maximum Gasteiger partial charge on any atom is 0.153 e. The largest absolute Gasteiger partial charge is 0.455 e. The second-order valence-electron chi connectivity index (χ2n) is 4.39. The molecule has 0 radical (unpaired) electrons. The van der Waals surface area contributed by atoms with Gasteiger partial charge in [-0.2, -0.15) is 0 Å². The molecule has 0 unspecified atom stereocenters. The molecular formula is C16H13ClN2O. The van der Waals surface area contributed by atoms with E-state index in [4.69, 9.17) is 22.1 Å². The van der Waals surface area contributed by atoms with Crippen molar-refractivity contribution in [3.8, 4) is 11.5 Å². The summed E-state index contributed by atoms with van der Waals surface area (Å²) in [6.45, 7) is 0.394. The van der Waals surface area contributed by atoms with Crippen LogP contribution >= 0.6 is 11.6 Å². The fourth-order valence-corrected chi connectivity index (χ4v) is 2.23. The third kappa shape index (κ3) is 2.46. The number of hydrogen-bond acceptors (Lipinski definition) is 3. The predicted octanol–water partition coefficient (Wildman–Crippen LogP) is 4.14. The van der Waals surface area contributed by atoms with Gasteiger partial charge in [0.2, 0.25) is 0 Å². The normalized spacial score (nSPS) is 10.7. The van der Waals surface area contributed by atoms with E-state index in [1.807, 2.05) is 36.4 Å². The highest BCUT2D eigenvalue weighted by atomic mass is 35.5. The molecule has 0 aliphatic heterocycles. The zero-order valence-corrected chi connectivity index (χ0v) is 11.5. The van der Waals surface area contributed by atoms with Gasteiger partial charge in [-0.3, -0.25) is 4.98 Å². The van der Waals surface area contributed by atoms with Crippen molar-refractivity contribution in [3.63, 3.8) is 0 Å². The second-order valence-corrected chi connectivity index (χ2v) is 4.83. The van der Waals surface area contributed by atoms with E-state index in [2.05, 4.69) is 4.98 Å². The van der Waals surface area contributed by atoms with Crippen LogP contribution < -0.4 is 10.5 Å². The van der Waals surface area contributed by atoms with Crippen molar-refractivity contribution in [2.75, 3.05) is 0 Å². The Hall–Kier alpha value is -2.10. The lowest BCUT2D eigenvalue weighted by Crippen LogP contribution is -1.99. The standard InChI is InChI=1S/C16H13ClN2O/c17-13-7-6-12(10-18)15(9-13)20-14-5-1-3-11-4-2-8-19-16(11)14/h1-9H,10,18H2. The van der Waals surface area contributed by atoms with Gasteiger partial charge in [0, 0.05) is 28.7 Å². The van der Waals surface area contributed by atoms with Crippen molar-refractivity contribution in [2.45, 2.75) is 6.54 Å². The Kier molecular flexibility index (Phi) is 3.54. The summed E-state index contributed by atoms with van der Waals surface area (Å²) in [7, 11) is 0. The number of nitrogens with two attached hydrogens (primary N) is 1. The zero-order chi connectivity index (χ0) is 13.9. The molecule has 3 rings (SSSR count). The van der Waals surface area contributed by atoms with Gasteiger partial charge >= 0.3 is 0 Å². The number of benzene rings is 2. The van der Waals surface area contributed by atoms with Crippen molar-refractivity contribution < 1.29 is 4.74 Å². The molecule has 3 aromatic rings. The molecule has 1 heterocycles. The molecule has 2 aromatic carbocycles. The van der Waals surface area contributed by atoms with Gasteiger partial charge < -0.3 is 10.5 Å². The van der Waals surface area contributed by atoms with Crippen LogP contribution in [0.3, 0.4) is 0 Å². The molecular weight excluding hydrogens is 272 g/mol. The van der Waals surface area contributed by atoms with Crippen LogP contribution in [0, 0.1) is 0 Å². The summed E-state index contributed by atoms with van der Waals surface area (Å²) in [6, 6.07) is 15.2. The van der Waals surface area contributed by atoms with Crippen LogP contribution in [0.25, 0.3) is 10.9 Å². The van der Waals surface area contributed by atoms with Crippen molar-refractivity contribution in [2.24, 2.45) is 5.73 Å². The number of ether oxygens (including phenoxy) is 1. The first-order valence-electron chi connectivity index (χ1n) is 6.28. The van der Waals surface area contributed by atoms with Crippen LogP contribution in [0.4, 0.5) is 0 Å². The molecule has 0 aliphatic carbocycles. The molecule has 100 valence electrons. The SMILES string of the molecule is NCc1ccc(Cl)cc1Oc1cccc2cccnc12. The van der Waals surface area contributed by atoms with E-state index in [0.29, 0.717) is 23.1 Å². The molecule has 4 heteroatoms. The van der Waals surface area contributed by atoms with Crippen molar-refractivity contribution in [3.05, 3.63) is 65.3 Å². The van der Waals surface area contributed by atoms with E-state index in [9.17, 15) is 0 Å². The van der Waals surface area contributed by atoms with Crippen LogP contribution in [0.1, 0.15) is 5.56 Å². The van der Waals surface area contributed by atoms with E-state index >= 15 is 0 Å². The average molecular weight is 285 g/mol. The van der Waals surface area contributed by atoms with E-state index in [0.717, 1.165) is 16.5 Å². The topological polar surface area (TPSA) is 48.1 Å². The molecule has 0 atom stereocenters. The molecule has 20 heavy (non-hydrogen) atoms. The summed E-state index contributed by atoms with van der Waals surface area (Å²) in [5.41, 5.74) is 7.45. The number of nitrogens with zero attached hydrogens (tertiary/aromatic N) is 1. The van der Waals surface area contributed by atoms with Gasteiger partial charge in [0.05, 0.1) is 0 Å². The van der Waals surface area contributed by atoms with Gasteiger partial charge in [-0.15, -0.1) is 0 Å². The maximum atomic E-state index is 6.02. The van der Waals surface area contributed by atoms with Crippen LogP contribution in [0.5, 0.6) is 11.5 Å². The van der Waals surface area contributed by atoms with Gasteiger partial charge in [0.25, 0.3) is 0 Å². The zero-order valence-electron chi connectivity index (χ0n) is 10.7. The highest BCUT2D eigenvalue weighted by molar-refractivity contribution is 6.30. The minimum Gasteiger partial charge on any atom is -0.455 e. The Morgan fingerprint density at radius 3 is 2.75 bits per heavy atom. The lowest BCUT2D eigenvalue weighted by Gasteiger charge is -2.12. The van der Waals surface area contributed by atoms with Gasteiger partial charge in [-0.1, -0.05) is 35.9 Å². The van der Waals surface area contributed by atoms with Crippen LogP contribution in [0.15, 0.2) is 54.7 Å². The van der Waals surface area contributed by atoms with Crippen LogP contribution in [-0.4, -0.2) is 4.98 Å². The highest BCUT2D eigenvalue weighted by Gasteiger charge is 2.08. The molecule has 2 N–H and O–H groups in total. The lowest BCUT2D eigenvalue weighted by molar-refractivity contribution is 0.481. The molecule has 0 amide bonds. The van der Waals surface area contributed by atoms with Crippen molar-refractivity contribution in [1.82, 2.24) is 4.98 Å². The number of rotatable bonds is 3. The summed E-state index contributed by atoms with van der Waals surface area (Å²) >= 11 is 6.02. The Morgan fingerprint density at radius 1 is 1.05 bits per heavy atom. The van der Waals surface area contributed by atoms with E-state index < -0.39 is 0 Å². The average Bonchev–Trinajstić information content (AvgIpc) is 2.48. The molecule has 0 fully saturated rings. The maximum absolute atomic E-state index is 6.02. The fourth-order valence-electron chi connectivity index (χ4n) is 2.07. The monoisotopic (exact) mass is 284 g/mol. The fraction of sp³-hybridized carbons (Fsp3) is 0.0625. The molecule has 0 aliphatic rings. The molecule has 0 saturated carbocycles. The quantitative estimate of drug-likeness (QED) is 0.786. The van der Waals surface area contributed by atoms with Gasteiger partial charge in [-0.25, -0.2) is 0 Å². The summed E-state index contributed by atoms with van der Waals surface area (Å²) in [4.78, 5) is 4.37.